The second-order valence-electron chi connectivity index (χ2n) is 3.79. The van der Waals surface area contributed by atoms with Gasteiger partial charge in [0.05, 0.1) is 10.4 Å². The maximum atomic E-state index is 12.1. The van der Waals surface area contributed by atoms with Crippen LogP contribution in [-0.2, 0) is 0 Å². The minimum atomic E-state index is -0.609. The van der Waals surface area contributed by atoms with E-state index in [-0.39, 0.29) is 17.8 Å². The molecule has 6 nitrogen and oxygen atoms in total. The van der Waals surface area contributed by atoms with Crippen molar-refractivity contribution in [3.05, 3.63) is 58.8 Å². The van der Waals surface area contributed by atoms with Gasteiger partial charge in [-0.1, -0.05) is 24.3 Å². The predicted molar refractivity (Wildman–Crippen MR) is 70.9 cm³/mol. The van der Waals surface area contributed by atoms with Crippen LogP contribution in [0, 0.1) is 10.1 Å². The molecule has 0 unspecified atom stereocenters. The van der Waals surface area contributed by atoms with E-state index in [4.69, 9.17) is 0 Å². The number of para-hydroxylation sites is 1. The van der Waals surface area contributed by atoms with Crippen LogP contribution in [0.15, 0.2) is 43.1 Å². The number of hydrogen-bond donors (Lipinski definition) is 1. The van der Waals surface area contributed by atoms with Crippen molar-refractivity contribution >= 4 is 22.5 Å². The first-order valence-electron chi connectivity index (χ1n) is 5.56. The molecule has 0 saturated carbocycles. The van der Waals surface area contributed by atoms with Crippen LogP contribution in [-0.4, -0.2) is 22.4 Å². The summed E-state index contributed by atoms with van der Waals surface area (Å²) in [5.74, 6) is -0.509. The smallest absolute Gasteiger partial charge is 0.300 e. The van der Waals surface area contributed by atoms with E-state index in [1.165, 1.54) is 6.08 Å². The number of fused-ring (bicyclic) bond motifs is 1. The first-order valence-corrected chi connectivity index (χ1v) is 5.56. The fourth-order valence-corrected chi connectivity index (χ4v) is 1.76. The quantitative estimate of drug-likeness (QED) is 0.516. The number of nitro groups is 1. The number of benzene rings is 1. The number of pyridine rings is 1. The summed E-state index contributed by atoms with van der Waals surface area (Å²) in [6, 6.07) is 6.80. The van der Waals surface area contributed by atoms with Gasteiger partial charge < -0.3 is 5.32 Å². The van der Waals surface area contributed by atoms with Gasteiger partial charge in [-0.05, 0) is 6.07 Å². The van der Waals surface area contributed by atoms with E-state index in [0.29, 0.717) is 10.9 Å². The SMILES string of the molecule is C=CCNC(=O)c1c([N+](=O)[O-])cnc2ccccc12. The second-order valence-corrected chi connectivity index (χ2v) is 3.79. The van der Waals surface area contributed by atoms with Gasteiger partial charge in [0.15, 0.2) is 0 Å². The first kappa shape index (κ1) is 12.7. The van der Waals surface area contributed by atoms with Crippen molar-refractivity contribution in [3.8, 4) is 0 Å². The zero-order valence-electron chi connectivity index (χ0n) is 10.00. The van der Waals surface area contributed by atoms with Gasteiger partial charge in [0, 0.05) is 11.9 Å². The highest BCUT2D eigenvalue weighted by molar-refractivity contribution is 6.09. The Kier molecular flexibility index (Phi) is 3.51. The minimum Gasteiger partial charge on any atom is -0.348 e. The Hall–Kier alpha value is -2.76. The summed E-state index contributed by atoms with van der Waals surface area (Å²) in [7, 11) is 0. The van der Waals surface area contributed by atoms with Crippen molar-refractivity contribution in [2.75, 3.05) is 6.54 Å². The summed E-state index contributed by atoms with van der Waals surface area (Å²) in [6.07, 6.45) is 2.61. The molecular weight excluding hydrogens is 246 g/mol. The lowest BCUT2D eigenvalue weighted by Crippen LogP contribution is -2.24. The van der Waals surface area contributed by atoms with Crippen LogP contribution >= 0.6 is 0 Å². The number of carbonyl (C=O) groups is 1. The van der Waals surface area contributed by atoms with Crippen molar-refractivity contribution in [1.29, 1.82) is 0 Å². The Morgan fingerprint density at radius 3 is 2.89 bits per heavy atom. The largest absolute Gasteiger partial charge is 0.348 e. The van der Waals surface area contributed by atoms with E-state index in [0.717, 1.165) is 6.20 Å². The van der Waals surface area contributed by atoms with Crippen LogP contribution in [0.2, 0.25) is 0 Å². The Bertz CT molecular complexity index is 667. The van der Waals surface area contributed by atoms with Crippen LogP contribution in [0.3, 0.4) is 0 Å². The van der Waals surface area contributed by atoms with Crippen LogP contribution in [0.5, 0.6) is 0 Å². The average molecular weight is 257 g/mol. The van der Waals surface area contributed by atoms with Crippen LogP contribution in [0.25, 0.3) is 10.9 Å². The van der Waals surface area contributed by atoms with Gasteiger partial charge in [0.25, 0.3) is 5.91 Å². The zero-order chi connectivity index (χ0) is 13.8. The Morgan fingerprint density at radius 2 is 2.21 bits per heavy atom. The fourth-order valence-electron chi connectivity index (χ4n) is 1.76. The highest BCUT2D eigenvalue weighted by Crippen LogP contribution is 2.25. The van der Waals surface area contributed by atoms with Crippen molar-refractivity contribution in [3.63, 3.8) is 0 Å². The lowest BCUT2D eigenvalue weighted by molar-refractivity contribution is -0.385. The molecule has 0 fully saturated rings. The standard InChI is InChI=1S/C13H11N3O3/c1-2-7-14-13(17)12-9-5-3-4-6-10(9)15-8-11(12)16(18)19/h2-6,8H,1,7H2,(H,14,17). The molecule has 96 valence electrons. The van der Waals surface area contributed by atoms with E-state index >= 15 is 0 Å². The highest BCUT2D eigenvalue weighted by atomic mass is 16.6. The topological polar surface area (TPSA) is 85.1 Å². The Labute approximate surface area is 108 Å². The minimum absolute atomic E-state index is 0.0254. The molecule has 1 heterocycles. The van der Waals surface area contributed by atoms with E-state index < -0.39 is 10.8 Å². The third kappa shape index (κ3) is 2.42. The Morgan fingerprint density at radius 1 is 1.47 bits per heavy atom. The third-order valence-electron chi connectivity index (χ3n) is 2.59. The number of carbonyl (C=O) groups excluding carboxylic acids is 1. The molecule has 1 aromatic carbocycles. The maximum absolute atomic E-state index is 12.1. The summed E-state index contributed by atoms with van der Waals surface area (Å²) in [5.41, 5.74) is 0.259. The summed E-state index contributed by atoms with van der Waals surface area (Å²) < 4.78 is 0. The second kappa shape index (κ2) is 5.26. The first-order chi connectivity index (χ1) is 9.15. The summed E-state index contributed by atoms with van der Waals surface area (Å²) in [4.78, 5) is 26.4. The van der Waals surface area contributed by atoms with Gasteiger partial charge in [-0.15, -0.1) is 6.58 Å². The summed E-state index contributed by atoms with van der Waals surface area (Å²) in [5, 5.41) is 14.0. The van der Waals surface area contributed by atoms with E-state index in [2.05, 4.69) is 16.9 Å². The third-order valence-corrected chi connectivity index (χ3v) is 2.59. The van der Waals surface area contributed by atoms with Crippen molar-refractivity contribution in [1.82, 2.24) is 10.3 Å². The van der Waals surface area contributed by atoms with Crippen molar-refractivity contribution < 1.29 is 9.72 Å². The summed E-state index contributed by atoms with van der Waals surface area (Å²) >= 11 is 0. The number of hydrogen-bond acceptors (Lipinski definition) is 4. The molecule has 0 spiro atoms. The number of rotatable bonds is 4. The molecule has 1 amide bonds. The molecule has 0 saturated heterocycles. The summed E-state index contributed by atoms with van der Waals surface area (Å²) in [6.45, 7) is 3.73. The number of nitrogens with one attached hydrogen (secondary N) is 1. The van der Waals surface area contributed by atoms with Gasteiger partial charge >= 0.3 is 5.69 Å². The van der Waals surface area contributed by atoms with Crippen LogP contribution in [0.1, 0.15) is 10.4 Å². The lowest BCUT2D eigenvalue weighted by atomic mass is 10.1. The molecule has 2 aromatic rings. The van der Waals surface area contributed by atoms with Gasteiger partial charge in [-0.2, -0.15) is 0 Å². The van der Waals surface area contributed by atoms with Gasteiger partial charge in [-0.25, -0.2) is 4.98 Å². The molecule has 0 radical (unpaired) electrons. The number of aromatic nitrogens is 1. The van der Waals surface area contributed by atoms with Gasteiger partial charge in [-0.3, -0.25) is 14.9 Å². The molecule has 0 atom stereocenters. The van der Waals surface area contributed by atoms with Gasteiger partial charge in [0.1, 0.15) is 11.8 Å². The molecule has 6 heteroatoms. The van der Waals surface area contributed by atoms with Crippen LogP contribution in [0.4, 0.5) is 5.69 Å². The van der Waals surface area contributed by atoms with Crippen molar-refractivity contribution in [2.45, 2.75) is 0 Å². The number of amides is 1. The van der Waals surface area contributed by atoms with E-state index in [1.54, 1.807) is 24.3 Å². The molecule has 1 N–H and O–H groups in total. The molecule has 0 aliphatic rings. The molecule has 1 aromatic heterocycles. The fraction of sp³-hybridized carbons (Fsp3) is 0.0769. The normalized spacial score (nSPS) is 10.1. The molecular formula is C13H11N3O3. The van der Waals surface area contributed by atoms with Gasteiger partial charge in [0.2, 0.25) is 0 Å². The monoisotopic (exact) mass is 257 g/mol. The highest BCUT2D eigenvalue weighted by Gasteiger charge is 2.23. The molecule has 0 bridgehead atoms. The van der Waals surface area contributed by atoms with E-state index in [1.807, 2.05) is 0 Å². The molecule has 0 aliphatic carbocycles. The van der Waals surface area contributed by atoms with E-state index in [9.17, 15) is 14.9 Å². The van der Waals surface area contributed by atoms with Crippen molar-refractivity contribution in [2.24, 2.45) is 0 Å². The lowest BCUT2D eigenvalue weighted by Gasteiger charge is -2.06. The predicted octanol–water partition coefficient (Wildman–Crippen LogP) is 2.06. The number of nitrogens with zero attached hydrogens (tertiary/aromatic N) is 2. The average Bonchev–Trinajstić information content (AvgIpc) is 2.43. The Balaban J connectivity index is 2.65. The maximum Gasteiger partial charge on any atom is 0.300 e. The van der Waals surface area contributed by atoms with Crippen LogP contribution < -0.4 is 5.32 Å². The molecule has 2 rings (SSSR count). The molecule has 19 heavy (non-hydrogen) atoms. The zero-order valence-corrected chi connectivity index (χ0v) is 10.00. The molecule has 0 aliphatic heterocycles.